The number of sulfonamides is 1. The van der Waals surface area contributed by atoms with Crippen LogP contribution in [0, 0.1) is 6.92 Å². The Balaban J connectivity index is 2.19. The van der Waals surface area contributed by atoms with Crippen molar-refractivity contribution >= 4 is 15.9 Å². The maximum atomic E-state index is 12.8. The molecule has 140 valence electrons. The molecule has 0 radical (unpaired) electrons. The second-order valence-electron chi connectivity index (χ2n) is 6.17. The molecule has 7 nitrogen and oxygen atoms in total. The highest BCUT2D eigenvalue weighted by atomic mass is 32.2. The van der Waals surface area contributed by atoms with Gasteiger partial charge >= 0.3 is 0 Å². The standard InChI is InChI=1S/C18H24N4O3S/c1-6-11-20(3)18(23)15-7-9-17(10-8-15)26(24,25)22(5)13-16-12-21(4)19-14(16)2/h6-10,12H,1,11,13H2,2-5H3. The van der Waals surface area contributed by atoms with Crippen molar-refractivity contribution < 1.29 is 13.2 Å². The minimum atomic E-state index is -3.66. The summed E-state index contributed by atoms with van der Waals surface area (Å²) in [6.45, 7) is 6.09. The molecule has 0 N–H and O–H groups in total. The van der Waals surface area contributed by atoms with Crippen molar-refractivity contribution in [2.75, 3.05) is 20.6 Å². The largest absolute Gasteiger partial charge is 0.338 e. The number of likely N-dealkylation sites (N-methyl/N-ethyl adjacent to an activating group) is 1. The smallest absolute Gasteiger partial charge is 0.253 e. The lowest BCUT2D eigenvalue weighted by atomic mass is 10.2. The van der Waals surface area contributed by atoms with E-state index in [-0.39, 0.29) is 17.3 Å². The monoisotopic (exact) mass is 376 g/mol. The SMILES string of the molecule is C=CCN(C)C(=O)c1ccc(S(=O)(=O)N(C)Cc2cn(C)nc2C)cc1. The van der Waals surface area contributed by atoms with Gasteiger partial charge in [-0.2, -0.15) is 9.40 Å². The third-order valence-corrected chi connectivity index (χ3v) is 5.88. The molecule has 0 aliphatic rings. The Kier molecular flexibility index (Phi) is 5.99. The summed E-state index contributed by atoms with van der Waals surface area (Å²) in [5.41, 5.74) is 2.07. The average molecular weight is 376 g/mol. The third kappa shape index (κ3) is 4.20. The van der Waals surface area contributed by atoms with Crippen LogP contribution < -0.4 is 0 Å². The number of hydrogen-bond acceptors (Lipinski definition) is 4. The van der Waals surface area contributed by atoms with E-state index in [0.29, 0.717) is 12.1 Å². The highest BCUT2D eigenvalue weighted by molar-refractivity contribution is 7.89. The third-order valence-electron chi connectivity index (χ3n) is 4.07. The van der Waals surface area contributed by atoms with E-state index in [9.17, 15) is 13.2 Å². The van der Waals surface area contributed by atoms with Gasteiger partial charge in [-0.3, -0.25) is 9.48 Å². The Morgan fingerprint density at radius 2 is 1.88 bits per heavy atom. The topological polar surface area (TPSA) is 75.5 Å². The first kappa shape index (κ1) is 19.9. The van der Waals surface area contributed by atoms with Gasteiger partial charge in [-0.1, -0.05) is 6.08 Å². The summed E-state index contributed by atoms with van der Waals surface area (Å²) in [6, 6.07) is 5.96. The molecule has 0 saturated heterocycles. The highest BCUT2D eigenvalue weighted by Crippen LogP contribution is 2.19. The number of rotatable bonds is 7. The fourth-order valence-corrected chi connectivity index (χ4v) is 3.72. The van der Waals surface area contributed by atoms with E-state index in [1.54, 1.807) is 31.1 Å². The van der Waals surface area contributed by atoms with Gasteiger partial charge in [0.25, 0.3) is 5.91 Å². The van der Waals surface area contributed by atoms with Crippen LogP contribution in [-0.4, -0.2) is 54.0 Å². The summed E-state index contributed by atoms with van der Waals surface area (Å²) in [5.74, 6) is -0.187. The maximum Gasteiger partial charge on any atom is 0.253 e. The first-order valence-corrected chi connectivity index (χ1v) is 9.52. The molecular formula is C18H24N4O3S. The van der Waals surface area contributed by atoms with Gasteiger partial charge in [-0.15, -0.1) is 6.58 Å². The number of benzene rings is 1. The van der Waals surface area contributed by atoms with Gasteiger partial charge < -0.3 is 4.90 Å². The fraction of sp³-hybridized carbons (Fsp3) is 0.333. The zero-order valence-electron chi connectivity index (χ0n) is 15.5. The summed E-state index contributed by atoms with van der Waals surface area (Å²) >= 11 is 0. The normalized spacial score (nSPS) is 11.6. The molecule has 8 heteroatoms. The van der Waals surface area contributed by atoms with Gasteiger partial charge in [0, 0.05) is 51.6 Å². The Labute approximate surface area is 154 Å². The van der Waals surface area contributed by atoms with E-state index in [1.165, 1.54) is 40.5 Å². The molecule has 0 bridgehead atoms. The zero-order valence-corrected chi connectivity index (χ0v) is 16.3. The van der Waals surface area contributed by atoms with E-state index in [4.69, 9.17) is 0 Å². The molecule has 0 atom stereocenters. The number of aromatic nitrogens is 2. The number of amides is 1. The molecule has 2 aromatic rings. The van der Waals surface area contributed by atoms with Crippen LogP contribution in [0.4, 0.5) is 0 Å². The zero-order chi connectivity index (χ0) is 19.5. The van der Waals surface area contributed by atoms with Crippen molar-refractivity contribution in [1.82, 2.24) is 19.0 Å². The van der Waals surface area contributed by atoms with Gasteiger partial charge in [-0.05, 0) is 31.2 Å². The predicted octanol–water partition coefficient (Wildman–Crippen LogP) is 1.81. The average Bonchev–Trinajstić information content (AvgIpc) is 2.91. The second kappa shape index (κ2) is 7.84. The Hall–Kier alpha value is -2.45. The van der Waals surface area contributed by atoms with E-state index in [0.717, 1.165) is 11.3 Å². The van der Waals surface area contributed by atoms with Crippen LogP contribution in [0.25, 0.3) is 0 Å². The predicted molar refractivity (Wildman–Crippen MR) is 100 cm³/mol. The summed E-state index contributed by atoms with van der Waals surface area (Å²) < 4.78 is 28.5. The number of hydrogen-bond donors (Lipinski definition) is 0. The second-order valence-corrected chi connectivity index (χ2v) is 8.22. The lowest BCUT2D eigenvalue weighted by Crippen LogP contribution is -2.28. The van der Waals surface area contributed by atoms with Gasteiger partial charge in [0.15, 0.2) is 0 Å². The summed E-state index contributed by atoms with van der Waals surface area (Å²) in [4.78, 5) is 13.9. The first-order valence-electron chi connectivity index (χ1n) is 8.08. The molecule has 1 aromatic carbocycles. The van der Waals surface area contributed by atoms with Crippen molar-refractivity contribution in [3.63, 3.8) is 0 Å². The van der Waals surface area contributed by atoms with Crippen LogP contribution >= 0.6 is 0 Å². The van der Waals surface area contributed by atoms with Crippen LogP contribution in [-0.2, 0) is 23.6 Å². The molecule has 26 heavy (non-hydrogen) atoms. The van der Waals surface area contributed by atoms with Crippen LogP contribution in [0.15, 0.2) is 48.0 Å². The molecule has 2 rings (SSSR count). The van der Waals surface area contributed by atoms with Crippen LogP contribution in [0.1, 0.15) is 21.6 Å². The number of carbonyl (C=O) groups excluding carboxylic acids is 1. The molecule has 1 aromatic heterocycles. The number of carbonyl (C=O) groups is 1. The van der Waals surface area contributed by atoms with Crippen molar-refractivity contribution in [1.29, 1.82) is 0 Å². The first-order chi connectivity index (χ1) is 12.2. The minimum absolute atomic E-state index is 0.143. The van der Waals surface area contributed by atoms with Crippen molar-refractivity contribution in [2.24, 2.45) is 7.05 Å². The molecule has 0 unspecified atom stereocenters. The molecule has 0 saturated carbocycles. The van der Waals surface area contributed by atoms with Gasteiger partial charge in [-0.25, -0.2) is 8.42 Å². The van der Waals surface area contributed by atoms with Crippen molar-refractivity contribution in [3.05, 3.63) is 59.9 Å². The molecule has 0 fully saturated rings. The van der Waals surface area contributed by atoms with Crippen LogP contribution in [0.2, 0.25) is 0 Å². The Bertz CT molecular complexity index is 901. The fourth-order valence-electron chi connectivity index (χ4n) is 2.58. The van der Waals surface area contributed by atoms with Gasteiger partial charge in [0.2, 0.25) is 10.0 Å². The van der Waals surface area contributed by atoms with E-state index >= 15 is 0 Å². The summed E-state index contributed by atoms with van der Waals surface area (Å²) in [7, 11) is 1.33. The van der Waals surface area contributed by atoms with Gasteiger partial charge in [0.1, 0.15) is 0 Å². The molecule has 1 heterocycles. The van der Waals surface area contributed by atoms with Crippen molar-refractivity contribution in [3.8, 4) is 0 Å². The van der Waals surface area contributed by atoms with Crippen LogP contribution in [0.5, 0.6) is 0 Å². The lowest BCUT2D eigenvalue weighted by molar-refractivity contribution is 0.0810. The molecular weight excluding hydrogens is 352 g/mol. The quantitative estimate of drug-likeness (QED) is 0.691. The Morgan fingerprint density at radius 1 is 1.27 bits per heavy atom. The summed E-state index contributed by atoms with van der Waals surface area (Å²) in [5, 5.41) is 4.23. The molecule has 0 aliphatic carbocycles. The Morgan fingerprint density at radius 3 is 2.38 bits per heavy atom. The number of aryl methyl sites for hydroxylation is 2. The minimum Gasteiger partial charge on any atom is -0.338 e. The molecule has 0 spiro atoms. The highest BCUT2D eigenvalue weighted by Gasteiger charge is 2.22. The van der Waals surface area contributed by atoms with Crippen molar-refractivity contribution in [2.45, 2.75) is 18.4 Å². The molecule has 0 aliphatic heterocycles. The molecule has 1 amide bonds. The maximum absolute atomic E-state index is 12.8. The van der Waals surface area contributed by atoms with Gasteiger partial charge in [0.05, 0.1) is 10.6 Å². The summed E-state index contributed by atoms with van der Waals surface area (Å²) in [6.07, 6.45) is 3.44. The van der Waals surface area contributed by atoms with Crippen LogP contribution in [0.3, 0.4) is 0 Å². The van der Waals surface area contributed by atoms with E-state index < -0.39 is 10.0 Å². The van der Waals surface area contributed by atoms with E-state index in [2.05, 4.69) is 11.7 Å². The van der Waals surface area contributed by atoms with E-state index in [1.807, 2.05) is 6.92 Å². The lowest BCUT2D eigenvalue weighted by Gasteiger charge is -2.18. The number of nitrogens with zero attached hydrogens (tertiary/aromatic N) is 4.